The van der Waals surface area contributed by atoms with E-state index in [1.807, 2.05) is 36.4 Å². The Morgan fingerprint density at radius 1 is 0.982 bits per heavy atom. The molecule has 4 aromatic rings. The van der Waals surface area contributed by atoms with Crippen molar-refractivity contribution in [3.8, 4) is 0 Å². The Morgan fingerprint density at radius 3 is 2.48 bits per heavy atom. The van der Waals surface area contributed by atoms with Crippen LogP contribution >= 0.6 is 0 Å². The minimum Gasteiger partial charge on any atom is -0.384 e. The maximum Gasteiger partial charge on any atom is 0.256 e. The first kappa shape index (κ1) is 38.7. The van der Waals surface area contributed by atoms with Gasteiger partial charge in [-0.05, 0) is 88.9 Å². The first-order chi connectivity index (χ1) is 27.0. The second kappa shape index (κ2) is 16.7. The van der Waals surface area contributed by atoms with Crippen LogP contribution in [0.3, 0.4) is 0 Å². The van der Waals surface area contributed by atoms with Crippen LogP contribution in [-0.2, 0) is 16.1 Å². The summed E-state index contributed by atoms with van der Waals surface area (Å²) in [5, 5.41) is 18.3. The Balaban J connectivity index is 0.00000155. The minimum absolute atomic E-state index is 0.164. The van der Waals surface area contributed by atoms with E-state index in [1.165, 1.54) is 18.5 Å². The van der Waals surface area contributed by atoms with Gasteiger partial charge in [-0.3, -0.25) is 29.4 Å². The van der Waals surface area contributed by atoms with Crippen molar-refractivity contribution < 1.29 is 19.2 Å². The molecule has 13 heteroatoms. The van der Waals surface area contributed by atoms with Crippen LogP contribution in [0.25, 0.3) is 10.9 Å². The Morgan fingerprint density at radius 2 is 1.77 bits per heavy atom. The number of nitrogens with zero attached hydrogens (tertiary/aromatic N) is 4. The smallest absolute Gasteiger partial charge is 0.256 e. The number of pyridine rings is 1. The fraction of sp³-hybridized carbons (Fsp3) is 0.442. The largest absolute Gasteiger partial charge is 0.384 e. The number of H-pyrrole nitrogens is 1. The van der Waals surface area contributed by atoms with Crippen LogP contribution in [0, 0.1) is 11.3 Å². The van der Waals surface area contributed by atoms with Gasteiger partial charge in [0, 0.05) is 101 Å². The lowest BCUT2D eigenvalue weighted by Gasteiger charge is -2.35. The van der Waals surface area contributed by atoms with Crippen LogP contribution in [0.2, 0.25) is 0 Å². The molecular formula is C43H53N9O4. The topological polar surface area (TPSA) is 167 Å². The lowest BCUT2D eigenvalue weighted by atomic mass is 9.95. The highest BCUT2D eigenvalue weighted by Gasteiger charge is 2.40. The first-order valence-corrected chi connectivity index (χ1v) is 20.0. The van der Waals surface area contributed by atoms with E-state index in [0.29, 0.717) is 54.1 Å². The van der Waals surface area contributed by atoms with Gasteiger partial charge in [0.05, 0.1) is 5.52 Å². The number of aromatic amines is 1. The fourth-order valence-corrected chi connectivity index (χ4v) is 8.44. The second-order valence-corrected chi connectivity index (χ2v) is 15.6. The molecule has 0 bridgehead atoms. The van der Waals surface area contributed by atoms with Crippen molar-refractivity contribution in [3.63, 3.8) is 0 Å². The normalized spacial score (nSPS) is 20.1. The van der Waals surface area contributed by atoms with Gasteiger partial charge in [0.2, 0.25) is 11.8 Å². The standard InChI is InChI=1S/C40H45N9O4.C3H8/c1-23(41)27-9-8-25(38(51)45-36-19-30-26(21-43-36)18-32(44-30)34-7-4-14-47(34)2)17-31(27)42-20-24-12-15-48(16-13-24)33-6-3-5-28-29(33)22-49(40(28)53)35-10-11-37(50)46-39(35)52;1-3-2/h3,5-6,8-9,17-19,21,24,34-35,41-42,44H,4,7,10-16,20,22H2,1-2H3,(H,43,45,51)(H,46,50,52);3H2,1-2H3. The van der Waals surface area contributed by atoms with Gasteiger partial charge >= 0.3 is 0 Å². The van der Waals surface area contributed by atoms with E-state index in [2.05, 4.69) is 62.7 Å². The third kappa shape index (κ3) is 8.04. The number of aromatic nitrogens is 2. The Hall–Kier alpha value is -5.56. The number of anilines is 3. The molecule has 4 aliphatic heterocycles. The number of piperidine rings is 2. The molecule has 0 saturated carbocycles. The Bertz CT molecular complexity index is 2150. The summed E-state index contributed by atoms with van der Waals surface area (Å²) in [5.74, 6) is -0.293. The van der Waals surface area contributed by atoms with E-state index in [1.54, 1.807) is 24.1 Å². The summed E-state index contributed by atoms with van der Waals surface area (Å²) in [7, 11) is 2.15. The average Bonchev–Trinajstić information content (AvgIpc) is 3.90. The number of hydrogen-bond acceptors (Lipinski definition) is 9. The summed E-state index contributed by atoms with van der Waals surface area (Å²) in [4.78, 5) is 65.4. The maximum atomic E-state index is 13.4. The molecule has 13 nitrogen and oxygen atoms in total. The molecule has 6 heterocycles. The molecule has 3 saturated heterocycles. The maximum absolute atomic E-state index is 13.4. The summed E-state index contributed by atoms with van der Waals surface area (Å²) < 4.78 is 0. The number of fused-ring (bicyclic) bond motifs is 2. The van der Waals surface area contributed by atoms with E-state index in [-0.39, 0.29) is 24.1 Å². The third-order valence-electron chi connectivity index (χ3n) is 11.4. The second-order valence-electron chi connectivity index (χ2n) is 15.6. The van der Waals surface area contributed by atoms with Crippen molar-refractivity contribution >= 4 is 57.4 Å². The van der Waals surface area contributed by atoms with Crippen molar-refractivity contribution in [3.05, 3.63) is 82.7 Å². The summed E-state index contributed by atoms with van der Waals surface area (Å²) in [6.45, 7) is 9.75. The van der Waals surface area contributed by atoms with Crippen molar-refractivity contribution in [2.75, 3.05) is 48.8 Å². The summed E-state index contributed by atoms with van der Waals surface area (Å²) >= 11 is 0. The molecule has 8 rings (SSSR count). The zero-order chi connectivity index (χ0) is 39.5. The Kier molecular flexibility index (Phi) is 11.5. The van der Waals surface area contributed by atoms with Crippen molar-refractivity contribution in [2.45, 2.75) is 84.3 Å². The zero-order valence-electron chi connectivity index (χ0n) is 32.8. The molecule has 294 valence electrons. The molecule has 56 heavy (non-hydrogen) atoms. The average molecular weight is 760 g/mol. The van der Waals surface area contributed by atoms with Crippen LogP contribution < -0.4 is 20.9 Å². The fourth-order valence-electron chi connectivity index (χ4n) is 8.44. The molecule has 0 aliphatic carbocycles. The van der Waals surface area contributed by atoms with Gasteiger partial charge < -0.3 is 30.8 Å². The molecule has 0 spiro atoms. The van der Waals surface area contributed by atoms with E-state index < -0.39 is 11.9 Å². The molecule has 2 unspecified atom stereocenters. The van der Waals surface area contributed by atoms with Crippen LogP contribution in [0.4, 0.5) is 17.2 Å². The van der Waals surface area contributed by atoms with Crippen molar-refractivity contribution in [1.82, 2.24) is 25.1 Å². The highest BCUT2D eigenvalue weighted by Crippen LogP contribution is 2.36. The van der Waals surface area contributed by atoms with Crippen LogP contribution in [0.1, 0.15) is 109 Å². The van der Waals surface area contributed by atoms with Gasteiger partial charge in [0.1, 0.15) is 11.9 Å². The number of imide groups is 1. The quantitative estimate of drug-likeness (QED) is 0.0956. The predicted molar refractivity (Wildman–Crippen MR) is 219 cm³/mol. The van der Waals surface area contributed by atoms with Gasteiger partial charge in [0.25, 0.3) is 11.8 Å². The number of rotatable bonds is 9. The summed E-state index contributed by atoms with van der Waals surface area (Å²) in [6, 6.07) is 14.9. The minimum atomic E-state index is -0.640. The predicted octanol–water partition coefficient (Wildman–Crippen LogP) is 6.48. The molecule has 3 fully saturated rings. The zero-order valence-corrected chi connectivity index (χ0v) is 32.8. The number of nitrogens with one attached hydrogen (secondary N) is 5. The summed E-state index contributed by atoms with van der Waals surface area (Å²) in [6.07, 6.45) is 7.75. The highest BCUT2D eigenvalue weighted by molar-refractivity contribution is 6.08. The molecule has 2 aromatic heterocycles. The highest BCUT2D eigenvalue weighted by atomic mass is 16.2. The molecule has 4 aliphatic rings. The third-order valence-corrected chi connectivity index (χ3v) is 11.4. The number of likely N-dealkylation sites (tertiary alicyclic amines) is 1. The lowest BCUT2D eigenvalue weighted by Crippen LogP contribution is -2.52. The van der Waals surface area contributed by atoms with Gasteiger partial charge in [-0.1, -0.05) is 32.4 Å². The Labute approximate surface area is 328 Å². The van der Waals surface area contributed by atoms with Gasteiger partial charge in [-0.25, -0.2) is 4.98 Å². The van der Waals surface area contributed by atoms with Crippen molar-refractivity contribution in [2.24, 2.45) is 5.92 Å². The molecule has 2 aromatic carbocycles. The molecule has 2 atom stereocenters. The number of amides is 4. The SMILES string of the molecule is CC(=N)c1ccc(C(=O)Nc2cc3[nH]c(C4CCCN4C)cc3cn2)cc1NCC1CCN(c2cccc3c2CN(C2CCC(=O)NC2=O)C3=O)CC1.CCC. The van der Waals surface area contributed by atoms with Gasteiger partial charge in [-0.15, -0.1) is 0 Å². The first-order valence-electron chi connectivity index (χ1n) is 20.0. The monoisotopic (exact) mass is 759 g/mol. The molecule has 4 amide bonds. The molecular weight excluding hydrogens is 707 g/mol. The van der Waals surface area contributed by atoms with E-state index in [4.69, 9.17) is 5.41 Å². The van der Waals surface area contributed by atoms with Crippen LogP contribution in [0.5, 0.6) is 0 Å². The number of benzene rings is 2. The van der Waals surface area contributed by atoms with E-state index >= 15 is 0 Å². The van der Waals surface area contributed by atoms with E-state index in [9.17, 15) is 19.2 Å². The molecule has 5 N–H and O–H groups in total. The van der Waals surface area contributed by atoms with Crippen LogP contribution in [-0.4, -0.2) is 88.4 Å². The summed E-state index contributed by atoms with van der Waals surface area (Å²) in [5.41, 5.74) is 7.07. The number of carbonyl (C=O) groups is 4. The van der Waals surface area contributed by atoms with Gasteiger partial charge in [-0.2, -0.15) is 0 Å². The van der Waals surface area contributed by atoms with Crippen LogP contribution in [0.15, 0.2) is 54.7 Å². The number of carbonyl (C=O) groups excluding carboxylic acids is 4. The lowest BCUT2D eigenvalue weighted by molar-refractivity contribution is -0.136. The van der Waals surface area contributed by atoms with Gasteiger partial charge in [0.15, 0.2) is 0 Å². The van der Waals surface area contributed by atoms with E-state index in [0.717, 1.165) is 72.3 Å². The molecule has 0 radical (unpaired) electrons. The number of hydrogen-bond donors (Lipinski definition) is 5. The van der Waals surface area contributed by atoms with Crippen molar-refractivity contribution in [1.29, 1.82) is 5.41 Å².